The number of nitrogens with zero attached hydrogens (tertiary/aromatic N) is 1. The zero-order valence-electron chi connectivity index (χ0n) is 15.7. The third kappa shape index (κ3) is 7.14. The minimum absolute atomic E-state index is 0.126. The second-order valence-corrected chi connectivity index (χ2v) is 9.22. The molecule has 0 radical (unpaired) electrons. The van der Waals surface area contributed by atoms with Gasteiger partial charge < -0.3 is 15.2 Å². The smallest absolute Gasteiger partial charge is 0.231 e. The largest absolute Gasteiger partial charge is 0.491 e. The van der Waals surface area contributed by atoms with Crippen LogP contribution in [0.2, 0.25) is 10.0 Å². The Morgan fingerprint density at radius 1 is 1.14 bits per heavy atom. The summed E-state index contributed by atoms with van der Waals surface area (Å²) in [5.41, 5.74) is 1.60. The molecule has 9 heteroatoms. The SMILES string of the molecule is CN(c1ccc(OC[C@@H](O)CNCCc2ccc(Cl)c(Cl)c2)cc1)S(C)(=O)=O. The van der Waals surface area contributed by atoms with Crippen molar-refractivity contribution in [2.45, 2.75) is 12.5 Å². The first-order valence-electron chi connectivity index (χ1n) is 8.66. The second-order valence-electron chi connectivity index (χ2n) is 6.39. The van der Waals surface area contributed by atoms with E-state index in [4.69, 9.17) is 27.9 Å². The van der Waals surface area contributed by atoms with E-state index in [1.165, 1.54) is 11.4 Å². The number of aliphatic hydroxyl groups excluding tert-OH is 1. The van der Waals surface area contributed by atoms with Gasteiger partial charge in [-0.25, -0.2) is 8.42 Å². The van der Waals surface area contributed by atoms with Crippen molar-refractivity contribution in [2.75, 3.05) is 37.3 Å². The number of halogens is 2. The fourth-order valence-electron chi connectivity index (χ4n) is 2.39. The Hall–Kier alpha value is -1.51. The number of sulfonamides is 1. The van der Waals surface area contributed by atoms with Crippen LogP contribution in [-0.2, 0) is 16.4 Å². The lowest BCUT2D eigenvalue weighted by Crippen LogP contribution is -2.32. The van der Waals surface area contributed by atoms with Gasteiger partial charge in [-0.05, 0) is 54.9 Å². The molecule has 0 fully saturated rings. The van der Waals surface area contributed by atoms with Crippen LogP contribution in [0.4, 0.5) is 5.69 Å². The standard InChI is InChI=1S/C19H24Cl2N2O4S/c1-23(28(2,25)26)15-4-6-17(7-5-15)27-13-16(24)12-22-10-9-14-3-8-18(20)19(21)11-14/h3-8,11,16,22,24H,9-10,12-13H2,1-2H3/t16-/m0/s1. The molecule has 0 saturated heterocycles. The Balaban J connectivity index is 1.70. The van der Waals surface area contributed by atoms with Crippen LogP contribution in [0.25, 0.3) is 0 Å². The van der Waals surface area contributed by atoms with Crippen molar-refractivity contribution >= 4 is 38.9 Å². The van der Waals surface area contributed by atoms with Crippen LogP contribution in [0.1, 0.15) is 5.56 Å². The van der Waals surface area contributed by atoms with Crippen LogP contribution in [0, 0.1) is 0 Å². The van der Waals surface area contributed by atoms with Crippen molar-refractivity contribution in [3.05, 3.63) is 58.1 Å². The van der Waals surface area contributed by atoms with Gasteiger partial charge in [-0.3, -0.25) is 4.31 Å². The van der Waals surface area contributed by atoms with Crippen LogP contribution in [0.5, 0.6) is 5.75 Å². The maximum absolute atomic E-state index is 11.5. The molecule has 2 rings (SSSR count). The number of nitrogens with one attached hydrogen (secondary N) is 1. The first-order chi connectivity index (χ1) is 13.2. The van der Waals surface area contributed by atoms with Crippen molar-refractivity contribution in [2.24, 2.45) is 0 Å². The predicted octanol–water partition coefficient (Wildman–Crippen LogP) is 2.96. The number of hydrogen-bond acceptors (Lipinski definition) is 5. The lowest BCUT2D eigenvalue weighted by Gasteiger charge is -2.17. The molecule has 154 valence electrons. The highest BCUT2D eigenvalue weighted by Gasteiger charge is 2.12. The number of hydrogen-bond donors (Lipinski definition) is 2. The summed E-state index contributed by atoms with van der Waals surface area (Å²) in [6, 6.07) is 12.1. The first kappa shape index (κ1) is 22.8. The molecule has 6 nitrogen and oxygen atoms in total. The van der Waals surface area contributed by atoms with Crippen molar-refractivity contribution in [3.63, 3.8) is 0 Å². The van der Waals surface area contributed by atoms with E-state index in [-0.39, 0.29) is 6.61 Å². The first-order valence-corrected chi connectivity index (χ1v) is 11.3. The van der Waals surface area contributed by atoms with Gasteiger partial charge in [-0.15, -0.1) is 0 Å². The van der Waals surface area contributed by atoms with E-state index in [9.17, 15) is 13.5 Å². The van der Waals surface area contributed by atoms with Gasteiger partial charge in [0, 0.05) is 13.6 Å². The number of benzene rings is 2. The highest BCUT2D eigenvalue weighted by molar-refractivity contribution is 7.92. The van der Waals surface area contributed by atoms with Crippen molar-refractivity contribution in [1.29, 1.82) is 0 Å². The minimum atomic E-state index is -3.30. The van der Waals surface area contributed by atoms with Crippen molar-refractivity contribution in [1.82, 2.24) is 5.32 Å². The summed E-state index contributed by atoms with van der Waals surface area (Å²) < 4.78 is 29.8. The maximum Gasteiger partial charge on any atom is 0.231 e. The molecular weight excluding hydrogens is 423 g/mol. The van der Waals surface area contributed by atoms with Crippen molar-refractivity contribution < 1.29 is 18.3 Å². The molecule has 2 aromatic carbocycles. The molecule has 0 spiro atoms. The van der Waals surface area contributed by atoms with Gasteiger partial charge in [0.2, 0.25) is 10.0 Å². The van der Waals surface area contributed by atoms with Gasteiger partial charge in [0.25, 0.3) is 0 Å². The number of rotatable bonds is 10. The van der Waals surface area contributed by atoms with Gasteiger partial charge in [-0.2, -0.15) is 0 Å². The lowest BCUT2D eigenvalue weighted by atomic mass is 10.1. The van der Waals surface area contributed by atoms with Gasteiger partial charge in [0.1, 0.15) is 18.5 Å². The molecule has 0 bridgehead atoms. The van der Waals surface area contributed by atoms with E-state index >= 15 is 0 Å². The number of ether oxygens (including phenoxy) is 1. The Bertz CT molecular complexity index is 876. The summed E-state index contributed by atoms with van der Waals surface area (Å²) >= 11 is 11.9. The Morgan fingerprint density at radius 2 is 1.82 bits per heavy atom. The van der Waals surface area contributed by atoms with Crippen LogP contribution >= 0.6 is 23.2 Å². The summed E-state index contributed by atoms with van der Waals surface area (Å²) in [5.74, 6) is 0.556. The maximum atomic E-state index is 11.5. The van der Waals surface area contributed by atoms with Gasteiger partial charge in [0.15, 0.2) is 0 Å². The molecule has 1 atom stereocenters. The molecule has 0 aliphatic rings. The Morgan fingerprint density at radius 3 is 2.43 bits per heavy atom. The van der Waals surface area contributed by atoms with Crippen LogP contribution in [-0.4, -0.2) is 52.6 Å². The van der Waals surface area contributed by atoms with Gasteiger partial charge >= 0.3 is 0 Å². The quantitative estimate of drug-likeness (QED) is 0.548. The zero-order valence-corrected chi connectivity index (χ0v) is 18.1. The molecule has 0 heterocycles. The monoisotopic (exact) mass is 446 g/mol. The normalized spacial score (nSPS) is 12.6. The molecule has 28 heavy (non-hydrogen) atoms. The Labute approximate surface area is 176 Å². The van der Waals surface area contributed by atoms with Gasteiger partial charge in [0.05, 0.1) is 22.0 Å². The number of anilines is 1. The van der Waals surface area contributed by atoms with E-state index in [2.05, 4.69) is 5.32 Å². The van der Waals surface area contributed by atoms with Crippen LogP contribution in [0.15, 0.2) is 42.5 Å². The second kappa shape index (κ2) is 10.3. The minimum Gasteiger partial charge on any atom is -0.491 e. The van der Waals surface area contributed by atoms with Crippen LogP contribution < -0.4 is 14.4 Å². The highest BCUT2D eigenvalue weighted by atomic mass is 35.5. The third-order valence-corrected chi connectivity index (χ3v) is 6.04. The summed E-state index contributed by atoms with van der Waals surface area (Å²) in [5, 5.41) is 14.2. The molecule has 0 aromatic heterocycles. The molecular formula is C19H24Cl2N2O4S. The summed E-state index contributed by atoms with van der Waals surface area (Å²) in [6.45, 7) is 1.19. The molecule has 0 aliphatic heterocycles. The van der Waals surface area contributed by atoms with Gasteiger partial charge in [-0.1, -0.05) is 29.3 Å². The summed E-state index contributed by atoms with van der Waals surface area (Å²) in [7, 11) is -1.82. The molecule has 2 N–H and O–H groups in total. The lowest BCUT2D eigenvalue weighted by molar-refractivity contribution is 0.106. The fourth-order valence-corrected chi connectivity index (χ4v) is 3.22. The third-order valence-electron chi connectivity index (χ3n) is 4.09. The summed E-state index contributed by atoms with van der Waals surface area (Å²) in [4.78, 5) is 0. The Kier molecular flexibility index (Phi) is 8.39. The van der Waals surface area contributed by atoms with E-state index < -0.39 is 16.1 Å². The highest BCUT2D eigenvalue weighted by Crippen LogP contribution is 2.22. The number of aliphatic hydroxyl groups is 1. The zero-order chi connectivity index (χ0) is 20.7. The van der Waals surface area contributed by atoms with Crippen molar-refractivity contribution in [3.8, 4) is 5.75 Å². The molecule has 0 amide bonds. The molecule has 0 unspecified atom stereocenters. The predicted molar refractivity (Wildman–Crippen MR) is 114 cm³/mol. The average molecular weight is 447 g/mol. The topological polar surface area (TPSA) is 78.9 Å². The fraction of sp³-hybridized carbons (Fsp3) is 0.368. The summed E-state index contributed by atoms with van der Waals surface area (Å²) in [6.07, 6.45) is 1.23. The average Bonchev–Trinajstić information content (AvgIpc) is 2.65. The van der Waals surface area contributed by atoms with Crippen LogP contribution in [0.3, 0.4) is 0 Å². The van der Waals surface area contributed by atoms with E-state index in [0.717, 1.165) is 18.2 Å². The van der Waals surface area contributed by atoms with E-state index in [0.29, 0.717) is 34.6 Å². The molecule has 0 saturated carbocycles. The van der Waals surface area contributed by atoms with E-state index in [1.807, 2.05) is 12.1 Å². The van der Waals surface area contributed by atoms with E-state index in [1.54, 1.807) is 30.3 Å². The molecule has 2 aromatic rings. The molecule has 0 aliphatic carbocycles.